The van der Waals surface area contributed by atoms with Crippen LogP contribution in [-0.4, -0.2) is 38.7 Å². The summed E-state index contributed by atoms with van der Waals surface area (Å²) in [6, 6.07) is 12.8. The van der Waals surface area contributed by atoms with E-state index >= 15 is 0 Å². The molecule has 1 amide bonds. The second-order valence-electron chi connectivity index (χ2n) is 5.91. The van der Waals surface area contributed by atoms with Crippen molar-refractivity contribution in [1.29, 1.82) is 0 Å². The number of rotatable bonds is 6. The Bertz CT molecular complexity index is 926. The molecular formula is C18H20N2O5S. The normalized spacial score (nSPS) is 12.3. The highest BCUT2D eigenvalue weighted by Crippen LogP contribution is 2.21. The first-order valence-corrected chi connectivity index (χ1v) is 9.62. The highest BCUT2D eigenvalue weighted by molar-refractivity contribution is 7.92. The molecule has 2 aromatic carbocycles. The number of sulfonamides is 1. The summed E-state index contributed by atoms with van der Waals surface area (Å²) < 4.78 is 24.4. The highest BCUT2D eigenvalue weighted by Gasteiger charge is 2.19. The van der Waals surface area contributed by atoms with E-state index in [1.54, 1.807) is 6.92 Å². The van der Waals surface area contributed by atoms with Crippen LogP contribution in [0.25, 0.3) is 0 Å². The lowest BCUT2D eigenvalue weighted by Gasteiger charge is -2.19. The summed E-state index contributed by atoms with van der Waals surface area (Å²) in [6.07, 6.45) is 0.998. The van der Waals surface area contributed by atoms with E-state index < -0.39 is 21.9 Å². The molecule has 0 radical (unpaired) electrons. The van der Waals surface area contributed by atoms with Crippen molar-refractivity contribution < 1.29 is 23.1 Å². The molecule has 0 spiro atoms. The zero-order valence-corrected chi connectivity index (χ0v) is 15.4. The van der Waals surface area contributed by atoms with Crippen LogP contribution in [0.5, 0.6) is 0 Å². The maximum atomic E-state index is 12.6. The fraction of sp³-hybridized carbons (Fsp3) is 0.222. The minimum atomic E-state index is -3.60. The van der Waals surface area contributed by atoms with Crippen molar-refractivity contribution in [2.75, 3.05) is 17.6 Å². The van der Waals surface area contributed by atoms with Gasteiger partial charge in [0, 0.05) is 12.6 Å². The molecule has 2 aromatic rings. The van der Waals surface area contributed by atoms with E-state index in [9.17, 15) is 23.1 Å². The minimum absolute atomic E-state index is 0.0678. The SMILES string of the molecule is C[C@@H](NC(=O)c1cc(C(=O)O)cc(N(C)S(C)(=O)=O)c1)c1ccccc1. The topological polar surface area (TPSA) is 104 Å². The van der Waals surface area contributed by atoms with Gasteiger partial charge in [-0.1, -0.05) is 30.3 Å². The van der Waals surface area contributed by atoms with Crippen LogP contribution in [0.3, 0.4) is 0 Å². The predicted molar refractivity (Wildman–Crippen MR) is 99.0 cm³/mol. The molecule has 0 aliphatic heterocycles. The minimum Gasteiger partial charge on any atom is -0.478 e. The third-order valence-electron chi connectivity index (χ3n) is 3.94. The van der Waals surface area contributed by atoms with Crippen molar-refractivity contribution in [1.82, 2.24) is 5.32 Å². The number of aromatic carboxylic acids is 1. The van der Waals surface area contributed by atoms with Gasteiger partial charge in [0.2, 0.25) is 10.0 Å². The van der Waals surface area contributed by atoms with Crippen LogP contribution in [0.15, 0.2) is 48.5 Å². The van der Waals surface area contributed by atoms with Crippen LogP contribution in [0, 0.1) is 0 Å². The Labute approximate surface area is 152 Å². The maximum Gasteiger partial charge on any atom is 0.335 e. The van der Waals surface area contributed by atoms with Crippen LogP contribution >= 0.6 is 0 Å². The molecule has 0 aliphatic rings. The van der Waals surface area contributed by atoms with Gasteiger partial charge < -0.3 is 10.4 Å². The molecule has 8 heteroatoms. The van der Waals surface area contributed by atoms with Crippen molar-refractivity contribution in [3.8, 4) is 0 Å². The fourth-order valence-electron chi connectivity index (χ4n) is 2.34. The standard InChI is InChI=1S/C18H20N2O5S/c1-12(13-7-5-4-6-8-13)19-17(21)14-9-15(18(22)23)11-16(10-14)20(2)26(3,24)25/h4-12H,1-3H3,(H,19,21)(H,22,23)/t12-/m1/s1. The van der Waals surface area contributed by atoms with E-state index in [-0.39, 0.29) is 22.9 Å². The molecule has 0 bridgehead atoms. The number of carboxylic acid groups (broad SMARTS) is 1. The molecule has 2 rings (SSSR count). The molecule has 138 valence electrons. The van der Waals surface area contributed by atoms with E-state index in [4.69, 9.17) is 0 Å². The van der Waals surface area contributed by atoms with E-state index in [0.29, 0.717) is 0 Å². The summed E-state index contributed by atoms with van der Waals surface area (Å²) >= 11 is 0. The van der Waals surface area contributed by atoms with Crippen molar-refractivity contribution in [3.63, 3.8) is 0 Å². The van der Waals surface area contributed by atoms with Crippen LogP contribution < -0.4 is 9.62 Å². The number of hydrogen-bond acceptors (Lipinski definition) is 4. The zero-order chi connectivity index (χ0) is 19.5. The van der Waals surface area contributed by atoms with Gasteiger partial charge >= 0.3 is 5.97 Å². The second-order valence-corrected chi connectivity index (χ2v) is 7.92. The van der Waals surface area contributed by atoms with Gasteiger partial charge in [0.05, 0.1) is 23.5 Å². The number of nitrogens with one attached hydrogen (secondary N) is 1. The molecule has 1 atom stereocenters. The first-order chi connectivity index (χ1) is 12.1. The van der Waals surface area contributed by atoms with Crippen molar-refractivity contribution >= 4 is 27.6 Å². The molecule has 0 saturated carbocycles. The van der Waals surface area contributed by atoms with E-state index in [1.807, 2.05) is 30.3 Å². The molecule has 0 aliphatic carbocycles. The number of nitrogens with zero attached hydrogens (tertiary/aromatic N) is 1. The molecule has 26 heavy (non-hydrogen) atoms. The van der Waals surface area contributed by atoms with E-state index in [1.165, 1.54) is 25.2 Å². The van der Waals surface area contributed by atoms with Crippen LogP contribution in [-0.2, 0) is 10.0 Å². The van der Waals surface area contributed by atoms with Crippen LogP contribution in [0.2, 0.25) is 0 Å². The lowest BCUT2D eigenvalue weighted by molar-refractivity contribution is 0.0697. The van der Waals surface area contributed by atoms with Gasteiger partial charge in [0.1, 0.15) is 0 Å². The van der Waals surface area contributed by atoms with Gasteiger partial charge in [-0.25, -0.2) is 13.2 Å². The Morgan fingerprint density at radius 2 is 1.65 bits per heavy atom. The van der Waals surface area contributed by atoms with Crippen molar-refractivity contribution in [2.45, 2.75) is 13.0 Å². The summed E-state index contributed by atoms with van der Waals surface area (Å²) in [5, 5.41) is 12.0. The molecule has 0 heterocycles. The van der Waals surface area contributed by atoms with Crippen LogP contribution in [0.4, 0.5) is 5.69 Å². The summed E-state index contributed by atoms with van der Waals surface area (Å²) in [5.41, 5.74) is 0.891. The Balaban J connectivity index is 2.37. The Morgan fingerprint density at radius 1 is 1.08 bits per heavy atom. The average molecular weight is 376 g/mol. The maximum absolute atomic E-state index is 12.6. The van der Waals surface area contributed by atoms with Gasteiger partial charge in [0.15, 0.2) is 0 Å². The van der Waals surface area contributed by atoms with E-state index in [0.717, 1.165) is 16.1 Å². The highest BCUT2D eigenvalue weighted by atomic mass is 32.2. The zero-order valence-electron chi connectivity index (χ0n) is 14.6. The third-order valence-corrected chi connectivity index (χ3v) is 5.14. The summed E-state index contributed by atoms with van der Waals surface area (Å²) in [7, 11) is -2.30. The predicted octanol–water partition coefficient (Wildman–Crippen LogP) is 2.27. The quantitative estimate of drug-likeness (QED) is 0.805. The van der Waals surface area contributed by atoms with Gasteiger partial charge in [-0.3, -0.25) is 9.10 Å². The molecule has 0 fully saturated rings. The molecule has 7 nitrogen and oxygen atoms in total. The largest absolute Gasteiger partial charge is 0.478 e. The average Bonchev–Trinajstić information content (AvgIpc) is 2.60. The van der Waals surface area contributed by atoms with Gasteiger partial charge in [0.25, 0.3) is 5.91 Å². The third kappa shape index (κ3) is 4.60. The number of benzene rings is 2. The smallest absolute Gasteiger partial charge is 0.335 e. The molecular weight excluding hydrogens is 356 g/mol. The van der Waals surface area contributed by atoms with Crippen molar-refractivity contribution in [3.05, 3.63) is 65.2 Å². The second kappa shape index (κ2) is 7.57. The van der Waals surface area contributed by atoms with Gasteiger partial charge in [-0.05, 0) is 30.7 Å². The number of anilines is 1. The molecule has 0 unspecified atom stereocenters. The number of carbonyl (C=O) groups is 2. The molecule has 0 saturated heterocycles. The van der Waals surface area contributed by atoms with E-state index in [2.05, 4.69) is 5.32 Å². The lowest BCUT2D eigenvalue weighted by atomic mass is 10.1. The number of carboxylic acids is 1. The fourth-order valence-corrected chi connectivity index (χ4v) is 2.83. The monoisotopic (exact) mass is 376 g/mol. The lowest BCUT2D eigenvalue weighted by Crippen LogP contribution is -2.28. The number of carbonyl (C=O) groups excluding carboxylic acids is 1. The van der Waals surface area contributed by atoms with Crippen molar-refractivity contribution in [2.24, 2.45) is 0 Å². The Hall–Kier alpha value is -2.87. The first-order valence-electron chi connectivity index (χ1n) is 7.77. The molecule has 2 N–H and O–H groups in total. The van der Waals surface area contributed by atoms with Crippen LogP contribution in [0.1, 0.15) is 39.2 Å². The number of amides is 1. The summed E-state index contributed by atoms with van der Waals surface area (Å²) in [4.78, 5) is 23.9. The first kappa shape index (κ1) is 19.5. The molecule has 0 aromatic heterocycles. The Kier molecular flexibility index (Phi) is 5.66. The van der Waals surface area contributed by atoms with Gasteiger partial charge in [-0.2, -0.15) is 0 Å². The summed E-state index contributed by atoms with van der Waals surface area (Å²) in [6.45, 7) is 1.80. The summed E-state index contributed by atoms with van der Waals surface area (Å²) in [5.74, 6) is -1.74. The Morgan fingerprint density at radius 3 is 2.19 bits per heavy atom. The van der Waals surface area contributed by atoms with Gasteiger partial charge in [-0.15, -0.1) is 0 Å². The number of hydrogen-bond donors (Lipinski definition) is 2.